The van der Waals surface area contributed by atoms with Crippen LogP contribution in [-0.4, -0.2) is 56.0 Å². The number of halogens is 1. The summed E-state index contributed by atoms with van der Waals surface area (Å²) in [6.45, 7) is 1.34. The number of fused-ring (bicyclic) bond motifs is 1. The van der Waals surface area contributed by atoms with Gasteiger partial charge in [-0.3, -0.25) is 4.79 Å². The third kappa shape index (κ3) is 6.83. The first-order valence-corrected chi connectivity index (χ1v) is 11.6. The van der Waals surface area contributed by atoms with Gasteiger partial charge >= 0.3 is 6.03 Å². The van der Waals surface area contributed by atoms with Crippen molar-refractivity contribution in [2.45, 2.75) is 18.9 Å². The Kier molecular flexibility index (Phi) is 8.33. The maximum Gasteiger partial charge on any atom is 0.341 e. The number of nitrogens with two attached hydrogens (primary N) is 1. The quantitative estimate of drug-likeness (QED) is 0.281. The van der Waals surface area contributed by atoms with E-state index in [9.17, 15) is 14.0 Å². The normalized spacial score (nSPS) is 18.3. The lowest BCUT2D eigenvalue weighted by molar-refractivity contribution is -0.120. The third-order valence-electron chi connectivity index (χ3n) is 5.68. The van der Waals surface area contributed by atoms with E-state index < -0.39 is 18.0 Å². The summed E-state index contributed by atoms with van der Waals surface area (Å²) in [6, 6.07) is 7.54. The van der Waals surface area contributed by atoms with E-state index in [2.05, 4.69) is 27.1 Å². The number of hydrogen-bond donors (Lipinski definition) is 2. The average molecular weight is 508 g/mol. The monoisotopic (exact) mass is 507 g/mol. The second-order valence-corrected chi connectivity index (χ2v) is 8.28. The Morgan fingerprint density at radius 3 is 2.89 bits per heavy atom. The SMILES string of the molecule is CN1C(=O)C(NC(=O)/N=C/C(=C\N)Oc2cccc(F)n2)COc2ccc(C#CC3CCOCC3)cc21. The molecule has 37 heavy (non-hydrogen) atoms. The van der Waals surface area contributed by atoms with Crippen molar-refractivity contribution in [3.63, 3.8) is 0 Å². The molecule has 3 N–H and O–H groups in total. The molecular formula is C26H26FN5O5. The number of carbonyl (C=O) groups is 2. The van der Waals surface area contributed by atoms with Crippen LogP contribution in [0.3, 0.4) is 0 Å². The predicted molar refractivity (Wildman–Crippen MR) is 134 cm³/mol. The highest BCUT2D eigenvalue weighted by atomic mass is 19.1. The standard InChI is InChI=1S/C26H26FN5O5/c1-32-21-13-18(6-5-17-9-11-35-12-10-17)7-8-22(21)36-16-20(25(32)33)30-26(34)29-15-19(14-28)37-24-4-2-3-23(27)31-24/h2-4,7-8,13-15,17,20H,9-12,16,28H2,1H3,(H,30,34)/b19-14+,29-15+. The largest absolute Gasteiger partial charge is 0.489 e. The summed E-state index contributed by atoms with van der Waals surface area (Å²) < 4.78 is 29.7. The van der Waals surface area contributed by atoms with Crippen molar-refractivity contribution in [2.24, 2.45) is 16.6 Å². The minimum absolute atomic E-state index is 0.0457. The van der Waals surface area contributed by atoms with Crippen molar-refractivity contribution in [1.82, 2.24) is 10.3 Å². The second kappa shape index (κ2) is 12.0. The Morgan fingerprint density at radius 1 is 1.32 bits per heavy atom. The predicted octanol–water partition coefficient (Wildman–Crippen LogP) is 2.38. The zero-order chi connectivity index (χ0) is 26.2. The molecule has 10 nitrogen and oxygen atoms in total. The molecule has 2 aliphatic rings. The van der Waals surface area contributed by atoms with E-state index in [0.29, 0.717) is 24.7 Å². The smallest absolute Gasteiger partial charge is 0.341 e. The van der Waals surface area contributed by atoms with E-state index in [0.717, 1.165) is 36.9 Å². The molecule has 1 unspecified atom stereocenters. The number of anilines is 1. The summed E-state index contributed by atoms with van der Waals surface area (Å²) in [4.78, 5) is 34.1. The van der Waals surface area contributed by atoms with Crippen molar-refractivity contribution in [1.29, 1.82) is 0 Å². The van der Waals surface area contributed by atoms with Crippen molar-refractivity contribution in [3.05, 3.63) is 59.9 Å². The van der Waals surface area contributed by atoms with Crippen LogP contribution >= 0.6 is 0 Å². The summed E-state index contributed by atoms with van der Waals surface area (Å²) >= 11 is 0. The zero-order valence-corrected chi connectivity index (χ0v) is 20.1. The number of amides is 3. The van der Waals surface area contributed by atoms with Crippen molar-refractivity contribution < 1.29 is 28.2 Å². The van der Waals surface area contributed by atoms with Gasteiger partial charge in [0.25, 0.3) is 5.91 Å². The number of likely N-dealkylation sites (N-methyl/N-ethyl adjacent to an activating group) is 1. The molecule has 0 spiro atoms. The summed E-state index contributed by atoms with van der Waals surface area (Å²) in [7, 11) is 1.60. The van der Waals surface area contributed by atoms with Crippen LogP contribution in [0, 0.1) is 23.7 Å². The van der Waals surface area contributed by atoms with Crippen LogP contribution < -0.4 is 25.4 Å². The number of rotatable bonds is 4. The molecule has 4 rings (SSSR count). The minimum atomic E-state index is -0.991. The fraction of sp³-hybridized carbons (Fsp3) is 0.308. The van der Waals surface area contributed by atoms with Crippen molar-refractivity contribution in [2.75, 3.05) is 31.8 Å². The van der Waals surface area contributed by atoms with Gasteiger partial charge in [-0.2, -0.15) is 14.4 Å². The molecule has 0 radical (unpaired) electrons. The van der Waals surface area contributed by atoms with E-state index in [1.165, 1.54) is 17.0 Å². The van der Waals surface area contributed by atoms with E-state index in [1.54, 1.807) is 19.2 Å². The number of aliphatic imine (C=N–C) groups is 1. The van der Waals surface area contributed by atoms with Crippen LogP contribution in [0.5, 0.6) is 11.6 Å². The molecular weight excluding hydrogens is 481 g/mol. The topological polar surface area (TPSA) is 128 Å². The highest BCUT2D eigenvalue weighted by Crippen LogP contribution is 2.31. The van der Waals surface area contributed by atoms with Gasteiger partial charge in [0.15, 0.2) is 5.76 Å². The molecule has 2 aromatic rings. The van der Waals surface area contributed by atoms with Crippen molar-refractivity contribution in [3.8, 4) is 23.5 Å². The van der Waals surface area contributed by atoms with Gasteiger partial charge < -0.3 is 30.2 Å². The lowest BCUT2D eigenvalue weighted by Crippen LogP contribution is -2.48. The van der Waals surface area contributed by atoms with E-state index in [-0.39, 0.29) is 30.1 Å². The summed E-state index contributed by atoms with van der Waals surface area (Å²) in [6.07, 6.45) is 3.88. The van der Waals surface area contributed by atoms with Gasteiger partial charge in [-0.15, -0.1) is 0 Å². The Balaban J connectivity index is 1.39. The molecule has 0 saturated carbocycles. The van der Waals surface area contributed by atoms with Crippen LogP contribution in [0.15, 0.2) is 53.3 Å². The Hall–Kier alpha value is -4.43. The Labute approximate surface area is 213 Å². The third-order valence-corrected chi connectivity index (χ3v) is 5.68. The molecule has 0 bridgehead atoms. The number of pyridine rings is 1. The van der Waals surface area contributed by atoms with Crippen LogP contribution in [0.2, 0.25) is 0 Å². The molecule has 1 saturated heterocycles. The molecule has 1 aromatic heterocycles. The van der Waals surface area contributed by atoms with E-state index in [1.807, 2.05) is 6.07 Å². The molecule has 192 valence electrons. The first-order valence-electron chi connectivity index (χ1n) is 11.6. The lowest BCUT2D eigenvalue weighted by Gasteiger charge is -2.20. The minimum Gasteiger partial charge on any atom is -0.489 e. The van der Waals surface area contributed by atoms with Gasteiger partial charge in [0.05, 0.1) is 11.9 Å². The summed E-state index contributed by atoms with van der Waals surface area (Å²) in [5, 5.41) is 2.52. The molecule has 11 heteroatoms. The molecule has 1 atom stereocenters. The Morgan fingerprint density at radius 2 is 2.14 bits per heavy atom. The molecule has 2 aliphatic heterocycles. The number of hydrogen-bond acceptors (Lipinski definition) is 7. The summed E-state index contributed by atoms with van der Waals surface area (Å²) in [5.41, 5.74) is 6.80. The first kappa shape index (κ1) is 25.7. The molecule has 1 aromatic carbocycles. The Bertz CT molecular complexity index is 1280. The van der Waals surface area contributed by atoms with Gasteiger partial charge in [-0.1, -0.05) is 17.9 Å². The molecule has 0 aliphatic carbocycles. The van der Waals surface area contributed by atoms with Crippen LogP contribution in [0.25, 0.3) is 0 Å². The maximum absolute atomic E-state index is 13.2. The number of ether oxygens (including phenoxy) is 3. The van der Waals surface area contributed by atoms with E-state index in [4.69, 9.17) is 19.9 Å². The summed E-state index contributed by atoms with van der Waals surface area (Å²) in [5.74, 6) is 6.00. The zero-order valence-electron chi connectivity index (χ0n) is 20.1. The van der Waals surface area contributed by atoms with Crippen LogP contribution in [0.1, 0.15) is 18.4 Å². The van der Waals surface area contributed by atoms with Gasteiger partial charge in [-0.05, 0) is 37.1 Å². The maximum atomic E-state index is 13.2. The molecule has 3 heterocycles. The number of aromatic nitrogens is 1. The van der Waals surface area contributed by atoms with Gasteiger partial charge in [0.2, 0.25) is 11.8 Å². The van der Waals surface area contributed by atoms with Crippen molar-refractivity contribution >= 4 is 23.8 Å². The first-order chi connectivity index (χ1) is 17.9. The van der Waals surface area contributed by atoms with Gasteiger partial charge in [0.1, 0.15) is 18.4 Å². The molecule has 3 amide bonds. The van der Waals surface area contributed by atoms with Gasteiger partial charge in [-0.25, -0.2) is 4.79 Å². The molecule has 1 fully saturated rings. The highest BCUT2D eigenvalue weighted by Gasteiger charge is 2.30. The number of carbonyl (C=O) groups excluding carboxylic acids is 2. The number of nitrogens with one attached hydrogen (secondary N) is 1. The van der Waals surface area contributed by atoms with Crippen LogP contribution in [-0.2, 0) is 9.53 Å². The highest BCUT2D eigenvalue weighted by molar-refractivity contribution is 6.01. The number of allylic oxidation sites excluding steroid dienone is 1. The number of urea groups is 1. The van der Waals surface area contributed by atoms with E-state index >= 15 is 0 Å². The number of benzene rings is 1. The fourth-order valence-electron chi connectivity index (χ4n) is 3.69. The van der Waals surface area contributed by atoms with Gasteiger partial charge in [0, 0.05) is 44.0 Å². The second-order valence-electron chi connectivity index (χ2n) is 8.28. The average Bonchev–Trinajstić information content (AvgIpc) is 3.02. The number of nitrogens with zero attached hydrogens (tertiary/aromatic N) is 3. The fourth-order valence-corrected chi connectivity index (χ4v) is 3.69. The van der Waals surface area contributed by atoms with Crippen LogP contribution in [0.4, 0.5) is 14.9 Å². The lowest BCUT2D eigenvalue weighted by atomic mass is 10.0.